The summed E-state index contributed by atoms with van der Waals surface area (Å²) in [6, 6.07) is 8.32. The monoisotopic (exact) mass is 193 g/mol. The molecule has 2 N–H and O–H groups in total. The lowest BCUT2D eigenvalue weighted by atomic mass is 9.95. The van der Waals surface area contributed by atoms with Gasteiger partial charge >= 0.3 is 0 Å². The van der Waals surface area contributed by atoms with Gasteiger partial charge < -0.3 is 10.5 Å². The number of rotatable bonds is 4. The number of nitrogens with two attached hydrogens (primary N) is 1. The van der Waals surface area contributed by atoms with Crippen molar-refractivity contribution >= 4 is 0 Å². The highest BCUT2D eigenvalue weighted by Gasteiger charge is 2.10. The molecular formula is C12H19NO. The van der Waals surface area contributed by atoms with Crippen LogP contribution in [-0.2, 0) is 6.42 Å². The Morgan fingerprint density at radius 1 is 1.29 bits per heavy atom. The van der Waals surface area contributed by atoms with E-state index < -0.39 is 0 Å². The van der Waals surface area contributed by atoms with E-state index in [1.807, 2.05) is 25.1 Å². The molecule has 2 nitrogen and oxygen atoms in total. The van der Waals surface area contributed by atoms with Crippen molar-refractivity contribution in [3.8, 4) is 5.75 Å². The second kappa shape index (κ2) is 5.01. The molecule has 0 saturated heterocycles. The molecule has 0 heterocycles. The summed E-state index contributed by atoms with van der Waals surface area (Å²) < 4.78 is 5.29. The molecule has 1 aromatic rings. The molecule has 14 heavy (non-hydrogen) atoms. The molecule has 78 valence electrons. The van der Waals surface area contributed by atoms with Gasteiger partial charge in [-0.25, -0.2) is 0 Å². The lowest BCUT2D eigenvalue weighted by molar-refractivity contribution is 0.400. The first-order chi connectivity index (χ1) is 6.65. The first kappa shape index (κ1) is 11.1. The summed E-state index contributed by atoms with van der Waals surface area (Å²) in [5, 5.41) is 0. The summed E-state index contributed by atoms with van der Waals surface area (Å²) in [6.45, 7) is 4.21. The van der Waals surface area contributed by atoms with Crippen LogP contribution in [0.3, 0.4) is 0 Å². The van der Waals surface area contributed by atoms with E-state index in [0.717, 1.165) is 12.2 Å². The average Bonchev–Trinajstić information content (AvgIpc) is 2.18. The van der Waals surface area contributed by atoms with Crippen molar-refractivity contribution in [2.75, 3.05) is 7.11 Å². The van der Waals surface area contributed by atoms with Crippen LogP contribution in [0.2, 0.25) is 0 Å². The fourth-order valence-electron chi connectivity index (χ4n) is 1.40. The van der Waals surface area contributed by atoms with E-state index in [0.29, 0.717) is 5.92 Å². The zero-order valence-corrected chi connectivity index (χ0v) is 9.16. The van der Waals surface area contributed by atoms with Crippen LogP contribution in [0.1, 0.15) is 19.4 Å². The Morgan fingerprint density at radius 2 is 1.93 bits per heavy atom. The van der Waals surface area contributed by atoms with Gasteiger partial charge in [0, 0.05) is 6.04 Å². The Balaban J connectivity index is 2.75. The summed E-state index contributed by atoms with van der Waals surface area (Å²) in [5.74, 6) is 1.44. The van der Waals surface area contributed by atoms with Crippen molar-refractivity contribution in [1.82, 2.24) is 0 Å². The van der Waals surface area contributed by atoms with E-state index in [1.54, 1.807) is 7.11 Å². The highest BCUT2D eigenvalue weighted by Crippen LogP contribution is 2.21. The van der Waals surface area contributed by atoms with Crippen LogP contribution in [0.15, 0.2) is 24.3 Å². The quantitative estimate of drug-likeness (QED) is 0.795. The molecule has 0 aliphatic carbocycles. The number of ether oxygens (including phenoxy) is 1. The lowest BCUT2D eigenvalue weighted by Crippen LogP contribution is -2.25. The third-order valence-corrected chi connectivity index (χ3v) is 2.63. The van der Waals surface area contributed by atoms with Crippen LogP contribution in [0, 0.1) is 5.92 Å². The standard InChI is InChI=1S/C12H19NO/c1-9(10(2)13)8-11-6-4-5-7-12(11)14-3/h4-7,9-10H,8,13H2,1-3H3. The molecule has 0 spiro atoms. The van der Waals surface area contributed by atoms with Crippen LogP contribution in [0.25, 0.3) is 0 Å². The summed E-state index contributed by atoms with van der Waals surface area (Å²) in [7, 11) is 1.70. The first-order valence-electron chi connectivity index (χ1n) is 5.02. The molecule has 0 aliphatic rings. The van der Waals surface area contributed by atoms with Crippen molar-refractivity contribution in [2.24, 2.45) is 11.7 Å². The molecule has 2 unspecified atom stereocenters. The number of methoxy groups -OCH3 is 1. The average molecular weight is 193 g/mol. The zero-order valence-electron chi connectivity index (χ0n) is 9.16. The number of hydrogen-bond acceptors (Lipinski definition) is 2. The first-order valence-corrected chi connectivity index (χ1v) is 5.02. The molecule has 0 radical (unpaired) electrons. The van der Waals surface area contributed by atoms with Gasteiger partial charge in [0.15, 0.2) is 0 Å². The van der Waals surface area contributed by atoms with Crippen molar-refractivity contribution in [3.63, 3.8) is 0 Å². The fourth-order valence-corrected chi connectivity index (χ4v) is 1.40. The van der Waals surface area contributed by atoms with Crippen LogP contribution in [0.4, 0.5) is 0 Å². The summed E-state index contributed by atoms with van der Waals surface area (Å²) in [6.07, 6.45) is 0.974. The predicted octanol–water partition coefficient (Wildman–Crippen LogP) is 2.22. The predicted molar refractivity (Wildman–Crippen MR) is 59.5 cm³/mol. The van der Waals surface area contributed by atoms with E-state index in [1.165, 1.54) is 5.56 Å². The molecule has 0 bridgehead atoms. The van der Waals surface area contributed by atoms with Crippen LogP contribution >= 0.6 is 0 Å². The van der Waals surface area contributed by atoms with E-state index in [9.17, 15) is 0 Å². The minimum Gasteiger partial charge on any atom is -0.496 e. The second-order valence-corrected chi connectivity index (χ2v) is 3.85. The lowest BCUT2D eigenvalue weighted by Gasteiger charge is -2.17. The molecule has 0 aromatic heterocycles. The summed E-state index contributed by atoms with van der Waals surface area (Å²) >= 11 is 0. The van der Waals surface area contributed by atoms with Crippen LogP contribution < -0.4 is 10.5 Å². The van der Waals surface area contributed by atoms with Gasteiger partial charge in [0.25, 0.3) is 0 Å². The molecule has 1 aromatic carbocycles. The molecule has 2 atom stereocenters. The molecule has 0 saturated carbocycles. The normalized spacial score (nSPS) is 14.9. The molecular weight excluding hydrogens is 174 g/mol. The molecule has 0 aliphatic heterocycles. The van der Waals surface area contributed by atoms with Gasteiger partial charge in [-0.05, 0) is 30.9 Å². The fraction of sp³-hybridized carbons (Fsp3) is 0.500. The van der Waals surface area contributed by atoms with Crippen molar-refractivity contribution in [2.45, 2.75) is 26.3 Å². The number of hydrogen-bond donors (Lipinski definition) is 1. The van der Waals surface area contributed by atoms with Gasteiger partial charge in [0.05, 0.1) is 7.11 Å². The van der Waals surface area contributed by atoms with Gasteiger partial charge in [-0.1, -0.05) is 25.1 Å². The second-order valence-electron chi connectivity index (χ2n) is 3.85. The SMILES string of the molecule is COc1ccccc1CC(C)C(C)N. The number of benzene rings is 1. The summed E-state index contributed by atoms with van der Waals surface area (Å²) in [5.41, 5.74) is 7.07. The topological polar surface area (TPSA) is 35.2 Å². The summed E-state index contributed by atoms with van der Waals surface area (Å²) in [4.78, 5) is 0. The third-order valence-electron chi connectivity index (χ3n) is 2.63. The maximum Gasteiger partial charge on any atom is 0.122 e. The Kier molecular flexibility index (Phi) is 3.96. The maximum absolute atomic E-state index is 5.83. The van der Waals surface area contributed by atoms with Crippen molar-refractivity contribution in [1.29, 1.82) is 0 Å². The number of para-hydroxylation sites is 1. The van der Waals surface area contributed by atoms with Crippen molar-refractivity contribution in [3.05, 3.63) is 29.8 Å². The van der Waals surface area contributed by atoms with E-state index >= 15 is 0 Å². The minimum atomic E-state index is 0.222. The smallest absolute Gasteiger partial charge is 0.122 e. The van der Waals surface area contributed by atoms with Gasteiger partial charge in [0.1, 0.15) is 5.75 Å². The Hall–Kier alpha value is -1.02. The van der Waals surface area contributed by atoms with Crippen LogP contribution in [-0.4, -0.2) is 13.2 Å². The largest absolute Gasteiger partial charge is 0.496 e. The Morgan fingerprint density at radius 3 is 2.50 bits per heavy atom. The van der Waals surface area contributed by atoms with Gasteiger partial charge in [-0.3, -0.25) is 0 Å². The highest BCUT2D eigenvalue weighted by molar-refractivity contribution is 5.33. The van der Waals surface area contributed by atoms with E-state index in [2.05, 4.69) is 13.0 Å². The van der Waals surface area contributed by atoms with E-state index in [-0.39, 0.29) is 6.04 Å². The minimum absolute atomic E-state index is 0.222. The maximum atomic E-state index is 5.83. The van der Waals surface area contributed by atoms with Gasteiger partial charge in [-0.15, -0.1) is 0 Å². The molecule has 2 heteroatoms. The highest BCUT2D eigenvalue weighted by atomic mass is 16.5. The molecule has 1 rings (SSSR count). The van der Waals surface area contributed by atoms with Gasteiger partial charge in [0.2, 0.25) is 0 Å². The zero-order chi connectivity index (χ0) is 10.6. The molecule has 0 fully saturated rings. The Bertz CT molecular complexity index is 283. The third kappa shape index (κ3) is 2.74. The van der Waals surface area contributed by atoms with Crippen LogP contribution in [0.5, 0.6) is 5.75 Å². The van der Waals surface area contributed by atoms with E-state index in [4.69, 9.17) is 10.5 Å². The Labute approximate surface area is 86.1 Å². The van der Waals surface area contributed by atoms with Gasteiger partial charge in [-0.2, -0.15) is 0 Å². The van der Waals surface area contributed by atoms with Crippen molar-refractivity contribution < 1.29 is 4.74 Å². The molecule has 0 amide bonds.